The van der Waals surface area contributed by atoms with Crippen molar-refractivity contribution in [1.29, 1.82) is 0 Å². The normalized spacial score (nSPS) is 15.7. The van der Waals surface area contributed by atoms with Crippen LogP contribution >= 0.6 is 0 Å². The summed E-state index contributed by atoms with van der Waals surface area (Å²) in [7, 11) is 1.81. The highest BCUT2D eigenvalue weighted by Gasteiger charge is 2.26. The van der Waals surface area contributed by atoms with Gasteiger partial charge in [0.15, 0.2) is 0 Å². The Labute approximate surface area is 124 Å². The summed E-state index contributed by atoms with van der Waals surface area (Å²) in [4.78, 5) is 0. The van der Waals surface area contributed by atoms with E-state index in [-0.39, 0.29) is 11.9 Å². The van der Waals surface area contributed by atoms with Crippen molar-refractivity contribution in [3.05, 3.63) is 53.6 Å². The van der Waals surface area contributed by atoms with E-state index in [2.05, 4.69) is 10.4 Å². The van der Waals surface area contributed by atoms with Crippen molar-refractivity contribution in [2.75, 3.05) is 6.54 Å². The third-order valence-corrected chi connectivity index (χ3v) is 3.71. The molecule has 0 aliphatic carbocycles. The number of rotatable bonds is 6. The zero-order valence-corrected chi connectivity index (χ0v) is 12.7. The molecule has 0 spiro atoms. The van der Waals surface area contributed by atoms with Crippen LogP contribution in [0.25, 0.3) is 0 Å². The summed E-state index contributed by atoms with van der Waals surface area (Å²) in [5, 5.41) is 17.9. The minimum absolute atomic E-state index is 0.130. The van der Waals surface area contributed by atoms with E-state index in [4.69, 9.17) is 0 Å². The lowest BCUT2D eigenvalue weighted by atomic mass is 9.97. The minimum atomic E-state index is -1.05. The molecule has 4 nitrogen and oxygen atoms in total. The number of aliphatic hydroxyl groups is 1. The number of nitrogens with zero attached hydrogens (tertiary/aromatic N) is 2. The number of halogens is 1. The Kier molecular flexibility index (Phi) is 4.75. The predicted molar refractivity (Wildman–Crippen MR) is 80.2 cm³/mol. The molecule has 5 heteroatoms. The van der Waals surface area contributed by atoms with Crippen molar-refractivity contribution >= 4 is 0 Å². The Hall–Kier alpha value is -1.72. The number of aryl methyl sites for hydroxylation is 1. The molecule has 0 aliphatic rings. The molecule has 2 aromatic rings. The second kappa shape index (κ2) is 6.37. The minimum Gasteiger partial charge on any atom is -0.384 e. The van der Waals surface area contributed by atoms with E-state index >= 15 is 0 Å². The molecule has 1 heterocycles. The fraction of sp³-hybridized carbons (Fsp3) is 0.438. The van der Waals surface area contributed by atoms with Crippen molar-refractivity contribution in [1.82, 2.24) is 15.1 Å². The standard InChI is InChI=1S/C16H22FN3O/c1-4-15(13-7-5-6-8-14(13)17)18-11-16(2,21)12-9-19-20(3)10-12/h5-10,15,18,21H,4,11H2,1-3H3/t15-,16-/m0/s1. The predicted octanol–water partition coefficient (Wildman–Crippen LogP) is 2.51. The van der Waals surface area contributed by atoms with Crippen LogP contribution in [0.2, 0.25) is 0 Å². The van der Waals surface area contributed by atoms with Crippen LogP contribution in [-0.2, 0) is 12.6 Å². The van der Waals surface area contributed by atoms with E-state index < -0.39 is 5.60 Å². The van der Waals surface area contributed by atoms with Crippen molar-refractivity contribution in [2.45, 2.75) is 31.9 Å². The molecule has 0 saturated carbocycles. The van der Waals surface area contributed by atoms with Gasteiger partial charge in [0, 0.05) is 37.0 Å². The zero-order chi connectivity index (χ0) is 15.5. The molecule has 21 heavy (non-hydrogen) atoms. The van der Waals surface area contributed by atoms with Crippen LogP contribution in [0.5, 0.6) is 0 Å². The highest BCUT2D eigenvalue weighted by molar-refractivity contribution is 5.21. The zero-order valence-electron chi connectivity index (χ0n) is 12.7. The van der Waals surface area contributed by atoms with Gasteiger partial charge in [0.1, 0.15) is 11.4 Å². The third-order valence-electron chi connectivity index (χ3n) is 3.71. The molecule has 0 saturated heterocycles. The summed E-state index contributed by atoms with van der Waals surface area (Å²) in [6.45, 7) is 4.04. The van der Waals surface area contributed by atoms with E-state index in [1.807, 2.05) is 13.0 Å². The van der Waals surface area contributed by atoms with Gasteiger partial charge >= 0.3 is 0 Å². The molecule has 114 valence electrons. The van der Waals surface area contributed by atoms with Gasteiger partial charge in [0.2, 0.25) is 0 Å². The lowest BCUT2D eigenvalue weighted by Crippen LogP contribution is -2.37. The first-order valence-electron chi connectivity index (χ1n) is 7.13. The monoisotopic (exact) mass is 291 g/mol. The van der Waals surface area contributed by atoms with Gasteiger partial charge in [0.05, 0.1) is 6.20 Å². The van der Waals surface area contributed by atoms with Gasteiger partial charge in [-0.25, -0.2) is 4.39 Å². The fourth-order valence-corrected chi connectivity index (χ4v) is 2.36. The lowest BCUT2D eigenvalue weighted by molar-refractivity contribution is 0.0534. The van der Waals surface area contributed by atoms with Gasteiger partial charge in [-0.3, -0.25) is 4.68 Å². The van der Waals surface area contributed by atoms with E-state index in [0.29, 0.717) is 12.1 Å². The first kappa shape index (κ1) is 15.7. The Morgan fingerprint density at radius 2 is 2.14 bits per heavy atom. The average Bonchev–Trinajstić information content (AvgIpc) is 2.89. The maximum Gasteiger partial charge on any atom is 0.127 e. The number of hydrogen-bond acceptors (Lipinski definition) is 3. The van der Waals surface area contributed by atoms with E-state index in [0.717, 1.165) is 12.0 Å². The highest BCUT2D eigenvalue weighted by Crippen LogP contribution is 2.23. The largest absolute Gasteiger partial charge is 0.384 e. The van der Waals surface area contributed by atoms with Gasteiger partial charge in [-0.1, -0.05) is 25.1 Å². The molecule has 0 bridgehead atoms. The summed E-state index contributed by atoms with van der Waals surface area (Å²) in [5.74, 6) is -0.224. The summed E-state index contributed by atoms with van der Waals surface area (Å²) in [5.41, 5.74) is 0.315. The number of benzene rings is 1. The maximum absolute atomic E-state index is 13.9. The van der Waals surface area contributed by atoms with E-state index in [9.17, 15) is 9.50 Å². The molecule has 2 atom stereocenters. The molecule has 0 radical (unpaired) electrons. The molecule has 1 aromatic heterocycles. The third kappa shape index (κ3) is 3.68. The van der Waals surface area contributed by atoms with Crippen molar-refractivity contribution in [2.24, 2.45) is 7.05 Å². The van der Waals surface area contributed by atoms with Crippen LogP contribution in [0.15, 0.2) is 36.7 Å². The van der Waals surface area contributed by atoms with E-state index in [1.165, 1.54) is 6.07 Å². The summed E-state index contributed by atoms with van der Waals surface area (Å²) < 4.78 is 15.5. The van der Waals surface area contributed by atoms with Crippen molar-refractivity contribution in [3.63, 3.8) is 0 Å². The topological polar surface area (TPSA) is 50.1 Å². The van der Waals surface area contributed by atoms with Crippen LogP contribution < -0.4 is 5.32 Å². The van der Waals surface area contributed by atoms with Crippen LogP contribution in [0.4, 0.5) is 4.39 Å². The van der Waals surface area contributed by atoms with Crippen molar-refractivity contribution < 1.29 is 9.50 Å². The maximum atomic E-state index is 13.9. The Morgan fingerprint density at radius 3 is 2.71 bits per heavy atom. The smallest absolute Gasteiger partial charge is 0.127 e. The molecule has 0 unspecified atom stereocenters. The summed E-state index contributed by atoms with van der Waals surface area (Å²) in [6.07, 6.45) is 4.17. The van der Waals surface area contributed by atoms with Gasteiger partial charge in [0.25, 0.3) is 0 Å². The highest BCUT2D eigenvalue weighted by atomic mass is 19.1. The van der Waals surface area contributed by atoms with Gasteiger partial charge in [-0.05, 0) is 19.4 Å². The molecule has 0 amide bonds. The quantitative estimate of drug-likeness (QED) is 0.860. The second-order valence-electron chi connectivity index (χ2n) is 5.54. The number of aromatic nitrogens is 2. The van der Waals surface area contributed by atoms with Crippen LogP contribution in [0, 0.1) is 5.82 Å². The Morgan fingerprint density at radius 1 is 1.43 bits per heavy atom. The van der Waals surface area contributed by atoms with Crippen LogP contribution in [0.3, 0.4) is 0 Å². The van der Waals surface area contributed by atoms with Crippen LogP contribution in [-0.4, -0.2) is 21.4 Å². The second-order valence-corrected chi connectivity index (χ2v) is 5.54. The molecule has 2 rings (SSSR count). The first-order chi connectivity index (χ1) is 9.94. The number of nitrogens with one attached hydrogen (secondary N) is 1. The van der Waals surface area contributed by atoms with Gasteiger partial charge in [-0.15, -0.1) is 0 Å². The SMILES string of the molecule is CC[C@H](NC[C@](C)(O)c1cnn(C)c1)c1ccccc1F. The Bertz CT molecular complexity index is 595. The number of hydrogen-bond donors (Lipinski definition) is 2. The molecule has 1 aromatic carbocycles. The molecular weight excluding hydrogens is 269 g/mol. The van der Waals surface area contributed by atoms with E-state index in [1.54, 1.807) is 43.2 Å². The lowest BCUT2D eigenvalue weighted by Gasteiger charge is -2.26. The fourth-order valence-electron chi connectivity index (χ4n) is 2.36. The summed E-state index contributed by atoms with van der Waals surface area (Å²) >= 11 is 0. The van der Waals surface area contributed by atoms with Gasteiger partial charge < -0.3 is 10.4 Å². The van der Waals surface area contributed by atoms with Gasteiger partial charge in [-0.2, -0.15) is 5.10 Å². The molecule has 0 aliphatic heterocycles. The molecule has 2 N–H and O–H groups in total. The Balaban J connectivity index is 2.08. The average molecular weight is 291 g/mol. The van der Waals surface area contributed by atoms with Crippen LogP contribution in [0.1, 0.15) is 37.4 Å². The molecular formula is C16H22FN3O. The molecule has 0 fully saturated rings. The summed E-state index contributed by atoms with van der Waals surface area (Å²) in [6, 6.07) is 6.60. The first-order valence-corrected chi connectivity index (χ1v) is 7.13. The van der Waals surface area contributed by atoms with Crippen molar-refractivity contribution in [3.8, 4) is 0 Å².